The van der Waals surface area contributed by atoms with Crippen molar-refractivity contribution < 1.29 is 9.53 Å². The second-order valence-electron chi connectivity index (χ2n) is 4.46. The van der Waals surface area contributed by atoms with Crippen LogP contribution in [0.4, 0.5) is 4.79 Å². The van der Waals surface area contributed by atoms with Crippen molar-refractivity contribution in [3.05, 3.63) is 35.9 Å². The van der Waals surface area contributed by atoms with Gasteiger partial charge in [-0.15, -0.1) is 0 Å². The standard InChI is InChI=1S/C14H16N2O2Se/c17-14(18-10-12-5-2-1-3-6-12)16-8-4-7-13(16)9-15-11-19/h1-3,5-6,13H,4,7-10H2. The van der Waals surface area contributed by atoms with Gasteiger partial charge in [0.15, 0.2) is 0 Å². The predicted molar refractivity (Wildman–Crippen MR) is 74.4 cm³/mol. The van der Waals surface area contributed by atoms with Crippen LogP contribution in [0.25, 0.3) is 0 Å². The molecule has 1 atom stereocenters. The van der Waals surface area contributed by atoms with E-state index in [-0.39, 0.29) is 12.1 Å². The zero-order valence-corrected chi connectivity index (χ0v) is 12.3. The predicted octanol–water partition coefficient (Wildman–Crippen LogP) is 1.86. The van der Waals surface area contributed by atoms with Gasteiger partial charge in [0, 0.05) is 0 Å². The number of likely N-dealkylation sites (tertiary alicyclic amines) is 1. The van der Waals surface area contributed by atoms with Crippen molar-refractivity contribution >= 4 is 26.4 Å². The summed E-state index contributed by atoms with van der Waals surface area (Å²) < 4.78 is 7.97. The summed E-state index contributed by atoms with van der Waals surface area (Å²) in [6.07, 6.45) is 1.74. The van der Waals surface area contributed by atoms with Gasteiger partial charge in [-0.2, -0.15) is 0 Å². The van der Waals surface area contributed by atoms with E-state index in [1.165, 1.54) is 0 Å². The average Bonchev–Trinajstić information content (AvgIpc) is 2.92. The molecule has 1 amide bonds. The Bertz CT molecular complexity index is 472. The molecule has 1 aromatic rings. The summed E-state index contributed by atoms with van der Waals surface area (Å²) in [5.74, 6) is 0. The molecule has 100 valence electrons. The number of ether oxygens (including phenoxy) is 1. The number of amides is 1. The van der Waals surface area contributed by atoms with Crippen molar-refractivity contribution in [2.24, 2.45) is 4.99 Å². The first-order valence-electron chi connectivity index (χ1n) is 6.32. The topological polar surface area (TPSA) is 41.9 Å². The summed E-state index contributed by atoms with van der Waals surface area (Å²) in [6.45, 7) is 1.66. The molecule has 1 aromatic carbocycles. The fourth-order valence-corrected chi connectivity index (χ4v) is 2.37. The molecular formula is C14H16N2O2Se. The molecule has 0 aliphatic carbocycles. The molecule has 1 unspecified atom stereocenters. The Labute approximate surface area is 120 Å². The van der Waals surface area contributed by atoms with Gasteiger partial charge < -0.3 is 0 Å². The van der Waals surface area contributed by atoms with Crippen molar-refractivity contribution in [1.29, 1.82) is 0 Å². The minimum absolute atomic E-state index is 0.143. The number of hydrogen-bond donors (Lipinski definition) is 0. The SMILES string of the molecule is O=C(OCc1ccccc1)N1CCCC1CN=C=[Se]. The number of hydrogen-bond acceptors (Lipinski definition) is 3. The van der Waals surface area contributed by atoms with Gasteiger partial charge in [-0.1, -0.05) is 0 Å². The van der Waals surface area contributed by atoms with Gasteiger partial charge in [0.1, 0.15) is 0 Å². The maximum absolute atomic E-state index is 12.0. The number of carbonyl (C=O) groups is 1. The van der Waals surface area contributed by atoms with Crippen LogP contribution in [0.15, 0.2) is 35.3 Å². The second-order valence-corrected chi connectivity index (χ2v) is 4.84. The van der Waals surface area contributed by atoms with Crippen LogP contribution in [0.1, 0.15) is 18.4 Å². The van der Waals surface area contributed by atoms with Crippen molar-refractivity contribution in [2.75, 3.05) is 13.1 Å². The zero-order chi connectivity index (χ0) is 13.5. The fraction of sp³-hybridized carbons (Fsp3) is 0.429. The van der Waals surface area contributed by atoms with Crippen molar-refractivity contribution in [2.45, 2.75) is 25.5 Å². The van der Waals surface area contributed by atoms with E-state index in [0.29, 0.717) is 13.2 Å². The van der Waals surface area contributed by atoms with Crippen molar-refractivity contribution in [3.8, 4) is 0 Å². The van der Waals surface area contributed by atoms with Crippen LogP contribution >= 0.6 is 0 Å². The van der Waals surface area contributed by atoms with Gasteiger partial charge in [0.2, 0.25) is 0 Å². The van der Waals surface area contributed by atoms with Gasteiger partial charge in [-0.25, -0.2) is 0 Å². The number of rotatable bonds is 4. The quantitative estimate of drug-likeness (QED) is 0.627. The summed E-state index contributed by atoms with van der Waals surface area (Å²) in [4.78, 5) is 17.8. The number of aliphatic imine (C=N–C) groups is 1. The Hall–Kier alpha value is -1.41. The van der Waals surface area contributed by atoms with Crippen LogP contribution in [0.5, 0.6) is 0 Å². The van der Waals surface area contributed by atoms with Crippen LogP contribution in [0.2, 0.25) is 0 Å². The van der Waals surface area contributed by atoms with E-state index in [9.17, 15) is 4.79 Å². The number of benzene rings is 1. The molecule has 1 aliphatic rings. The molecule has 1 saturated heterocycles. The van der Waals surface area contributed by atoms with Crippen LogP contribution < -0.4 is 0 Å². The molecular weight excluding hydrogens is 307 g/mol. The Morgan fingerprint density at radius 1 is 1.47 bits per heavy atom. The Balaban J connectivity index is 1.86. The molecule has 0 bridgehead atoms. The molecule has 2 rings (SSSR count). The molecule has 0 aromatic heterocycles. The fourth-order valence-electron chi connectivity index (χ4n) is 2.21. The second kappa shape index (κ2) is 7.25. The average molecular weight is 323 g/mol. The van der Waals surface area contributed by atoms with Crippen molar-refractivity contribution in [1.82, 2.24) is 4.90 Å². The van der Waals surface area contributed by atoms with Crippen LogP contribution in [-0.4, -0.2) is 50.4 Å². The van der Waals surface area contributed by atoms with E-state index in [4.69, 9.17) is 4.74 Å². The van der Waals surface area contributed by atoms with Gasteiger partial charge in [-0.05, 0) is 0 Å². The van der Waals surface area contributed by atoms with Gasteiger partial charge in [0.25, 0.3) is 0 Å². The van der Waals surface area contributed by atoms with E-state index in [1.807, 2.05) is 30.3 Å². The molecule has 1 heterocycles. The molecule has 0 saturated carbocycles. The monoisotopic (exact) mass is 324 g/mol. The Kier molecular flexibility index (Phi) is 5.34. The molecule has 5 heteroatoms. The number of nitrogens with zero attached hydrogens (tertiary/aromatic N) is 2. The summed E-state index contributed by atoms with van der Waals surface area (Å²) in [6, 6.07) is 9.85. The Morgan fingerprint density at radius 2 is 2.26 bits per heavy atom. The normalized spacial score (nSPS) is 17.9. The van der Waals surface area contributed by atoms with Gasteiger partial charge in [-0.3, -0.25) is 0 Å². The maximum atomic E-state index is 12.0. The molecule has 19 heavy (non-hydrogen) atoms. The minimum atomic E-state index is -0.248. The molecule has 4 nitrogen and oxygen atoms in total. The van der Waals surface area contributed by atoms with Crippen molar-refractivity contribution in [3.63, 3.8) is 0 Å². The number of carbonyl (C=O) groups excluding carboxylic acids is 1. The Morgan fingerprint density at radius 3 is 3.00 bits per heavy atom. The van der Waals surface area contributed by atoms with Crippen LogP contribution in [-0.2, 0) is 11.3 Å². The molecule has 0 spiro atoms. The summed E-state index contributed by atoms with van der Waals surface area (Å²) in [7, 11) is 0. The molecule has 0 N–H and O–H groups in total. The van der Waals surface area contributed by atoms with Crippen LogP contribution in [0, 0.1) is 0 Å². The molecule has 0 radical (unpaired) electrons. The molecule has 1 fully saturated rings. The van der Waals surface area contributed by atoms with E-state index < -0.39 is 0 Å². The summed E-state index contributed by atoms with van der Waals surface area (Å²) >= 11 is 2.61. The third kappa shape index (κ3) is 4.03. The third-order valence-corrected chi connectivity index (χ3v) is 3.45. The molecule has 1 aliphatic heterocycles. The first kappa shape index (κ1) is 14.0. The summed E-state index contributed by atoms with van der Waals surface area (Å²) in [5.41, 5.74) is 1.00. The third-order valence-electron chi connectivity index (χ3n) is 3.18. The van der Waals surface area contributed by atoms with Gasteiger partial charge >= 0.3 is 120 Å². The van der Waals surface area contributed by atoms with Gasteiger partial charge in [0.05, 0.1) is 0 Å². The van der Waals surface area contributed by atoms with Crippen LogP contribution in [0.3, 0.4) is 0 Å². The van der Waals surface area contributed by atoms with E-state index in [2.05, 4.69) is 25.3 Å². The zero-order valence-electron chi connectivity index (χ0n) is 10.6. The van der Waals surface area contributed by atoms with E-state index in [0.717, 1.165) is 24.9 Å². The summed E-state index contributed by atoms with van der Waals surface area (Å²) in [5, 5.41) is 0. The first-order chi connectivity index (χ1) is 9.31. The van der Waals surface area contributed by atoms with E-state index >= 15 is 0 Å². The van der Waals surface area contributed by atoms with E-state index in [1.54, 1.807) is 4.90 Å². The first-order valence-corrected chi connectivity index (χ1v) is 7.18.